The Kier molecular flexibility index (Phi) is 10.2. The number of nitrogens with zero attached hydrogens (tertiary/aromatic N) is 4. The molecule has 0 radical (unpaired) electrons. The van der Waals surface area contributed by atoms with Gasteiger partial charge in [-0.25, -0.2) is 8.42 Å². The average molecular weight is 700 g/mol. The number of hydrogen-bond donors (Lipinski definition) is 2. The van der Waals surface area contributed by atoms with Gasteiger partial charge >= 0.3 is 0 Å². The summed E-state index contributed by atoms with van der Waals surface area (Å²) in [6.45, 7) is 6.57. The second-order valence-electron chi connectivity index (χ2n) is 13.1. The Balaban J connectivity index is 1.06. The van der Waals surface area contributed by atoms with Crippen molar-refractivity contribution < 1.29 is 18.3 Å². The summed E-state index contributed by atoms with van der Waals surface area (Å²) >= 11 is 6.64. The highest BCUT2D eigenvalue weighted by atomic mass is 35.5. The number of aromatic nitrogens is 2. The van der Waals surface area contributed by atoms with E-state index in [1.807, 2.05) is 48.5 Å². The van der Waals surface area contributed by atoms with Crippen LogP contribution in [0.15, 0.2) is 66.7 Å². The van der Waals surface area contributed by atoms with Crippen molar-refractivity contribution in [2.75, 3.05) is 45.6 Å². The van der Waals surface area contributed by atoms with Crippen LogP contribution in [0.3, 0.4) is 0 Å². The van der Waals surface area contributed by atoms with Crippen molar-refractivity contribution in [2.45, 2.75) is 51.0 Å². The highest BCUT2D eigenvalue weighted by molar-refractivity contribution is 7.88. The molecule has 0 saturated carbocycles. The summed E-state index contributed by atoms with van der Waals surface area (Å²) in [7, 11) is -3.35. The minimum absolute atomic E-state index is 0.00664. The van der Waals surface area contributed by atoms with E-state index in [9.17, 15) is 13.5 Å². The second kappa shape index (κ2) is 14.8. The number of ether oxygens (including phenoxy) is 1. The van der Waals surface area contributed by atoms with Gasteiger partial charge in [0, 0.05) is 86.2 Å². The molecular formula is C38H42ClN5O4S. The fraction of sp³-hybridized carbons (Fsp3) is 0.395. The van der Waals surface area contributed by atoms with Crippen LogP contribution in [0, 0.1) is 11.8 Å². The topological polar surface area (TPSA) is 99.9 Å². The molecule has 0 unspecified atom stereocenters. The number of sulfonamides is 1. The van der Waals surface area contributed by atoms with E-state index in [-0.39, 0.29) is 6.04 Å². The van der Waals surface area contributed by atoms with Gasteiger partial charge in [0.15, 0.2) is 0 Å². The summed E-state index contributed by atoms with van der Waals surface area (Å²) in [5, 5.41) is 19.8. The molecule has 0 amide bonds. The van der Waals surface area contributed by atoms with E-state index < -0.39 is 16.1 Å². The summed E-state index contributed by atoms with van der Waals surface area (Å²) in [6.07, 6.45) is 3.15. The zero-order valence-corrected chi connectivity index (χ0v) is 29.3. The Morgan fingerprint density at radius 1 is 1.02 bits per heavy atom. The normalized spacial score (nSPS) is 19.7. The lowest BCUT2D eigenvalue weighted by Crippen LogP contribution is -2.37. The van der Waals surface area contributed by atoms with Crippen molar-refractivity contribution >= 4 is 21.6 Å². The van der Waals surface area contributed by atoms with Gasteiger partial charge in [-0.2, -0.15) is 9.40 Å². The Labute approximate surface area is 293 Å². The minimum atomic E-state index is -3.35. The van der Waals surface area contributed by atoms with Crippen LogP contribution < -0.4 is 5.32 Å². The van der Waals surface area contributed by atoms with Crippen molar-refractivity contribution in [1.82, 2.24) is 24.3 Å². The fourth-order valence-electron chi connectivity index (χ4n) is 7.06. The van der Waals surface area contributed by atoms with Crippen LogP contribution in [0.1, 0.15) is 51.6 Å². The quantitative estimate of drug-likeness (QED) is 0.250. The summed E-state index contributed by atoms with van der Waals surface area (Å²) in [5.74, 6) is 6.51. The zero-order valence-electron chi connectivity index (χ0n) is 27.7. The standard InChI is InChI=1S/C38H42ClN5O4S/c1-49(46,47)43-18-15-36-33(26-43)37(41-44(36)17-4-16-42-19-21-48-22-20-42)31-13-14-34(39)30(23-31)12-11-27-7-9-28(10-8-27)25-40-35-24-29-5-2-3-6-32(29)38(35)45/h2-3,5-10,13-14,23,35,38,40,45H,4,15-22,24-26H2,1H3/t35-,38+/m1/s1. The number of hydrogen-bond acceptors (Lipinski definition) is 7. The van der Waals surface area contributed by atoms with Crippen LogP contribution in [0.25, 0.3) is 11.3 Å². The zero-order chi connectivity index (χ0) is 34.0. The number of rotatable bonds is 9. The average Bonchev–Trinajstić information content (AvgIpc) is 3.64. The van der Waals surface area contributed by atoms with Crippen LogP contribution in [0.4, 0.5) is 0 Å². The van der Waals surface area contributed by atoms with Crippen molar-refractivity contribution in [3.8, 4) is 23.1 Å². The SMILES string of the molecule is CS(=O)(=O)N1CCc2c(c(-c3ccc(Cl)c(C#Cc4ccc(CN[C@@H]5Cc6ccccc6[C@@H]5O)cc4)c3)nn2CCCN2CCOCC2)C1. The highest BCUT2D eigenvalue weighted by Gasteiger charge is 2.31. The van der Waals surface area contributed by atoms with Crippen molar-refractivity contribution in [3.05, 3.63) is 111 Å². The lowest BCUT2D eigenvalue weighted by atomic mass is 10.0. The van der Waals surface area contributed by atoms with Gasteiger partial charge in [0.05, 0.1) is 36.3 Å². The summed E-state index contributed by atoms with van der Waals surface area (Å²) < 4.78 is 34.1. The first-order valence-electron chi connectivity index (χ1n) is 17.0. The Hall–Kier alpha value is -3.53. The van der Waals surface area contributed by atoms with Crippen molar-refractivity contribution in [3.63, 3.8) is 0 Å². The van der Waals surface area contributed by atoms with Crippen molar-refractivity contribution in [2.24, 2.45) is 0 Å². The maximum atomic E-state index is 12.5. The molecule has 3 heterocycles. The van der Waals surface area contributed by atoms with E-state index in [0.29, 0.717) is 36.6 Å². The van der Waals surface area contributed by atoms with Crippen LogP contribution in [-0.4, -0.2) is 84.2 Å². The first kappa shape index (κ1) is 33.9. The van der Waals surface area contributed by atoms with E-state index in [1.165, 1.54) is 16.1 Å². The van der Waals surface area contributed by atoms with Gasteiger partial charge in [0.1, 0.15) is 0 Å². The lowest BCUT2D eigenvalue weighted by molar-refractivity contribution is 0.0368. The molecule has 2 aliphatic heterocycles. The molecule has 3 aromatic carbocycles. The Morgan fingerprint density at radius 3 is 2.59 bits per heavy atom. The van der Waals surface area contributed by atoms with Crippen LogP contribution in [0.5, 0.6) is 0 Å². The number of halogens is 1. The molecule has 256 valence electrons. The van der Waals surface area contributed by atoms with Gasteiger partial charge in [-0.15, -0.1) is 0 Å². The number of morpholine rings is 1. The smallest absolute Gasteiger partial charge is 0.211 e. The summed E-state index contributed by atoms with van der Waals surface area (Å²) in [5.41, 5.74) is 8.56. The number of fused-ring (bicyclic) bond motifs is 2. The Morgan fingerprint density at radius 2 is 1.82 bits per heavy atom. The molecule has 4 aromatic rings. The highest BCUT2D eigenvalue weighted by Crippen LogP contribution is 2.33. The van der Waals surface area contributed by atoms with Gasteiger partial charge in [-0.05, 0) is 53.8 Å². The van der Waals surface area contributed by atoms with E-state index in [4.69, 9.17) is 21.4 Å². The summed E-state index contributed by atoms with van der Waals surface area (Å²) in [4.78, 5) is 2.42. The molecule has 1 fully saturated rings. The molecule has 2 atom stereocenters. The largest absolute Gasteiger partial charge is 0.387 e. The third-order valence-electron chi connectivity index (χ3n) is 9.81. The fourth-order valence-corrected chi connectivity index (χ4v) is 8.01. The first-order valence-corrected chi connectivity index (χ1v) is 19.2. The maximum absolute atomic E-state index is 12.5. The third kappa shape index (κ3) is 7.79. The Bertz CT molecular complexity index is 1980. The molecule has 3 aliphatic rings. The molecule has 1 aliphatic carbocycles. The summed E-state index contributed by atoms with van der Waals surface area (Å²) in [6, 6.07) is 21.9. The first-order chi connectivity index (χ1) is 23.7. The molecule has 0 bridgehead atoms. The molecule has 1 aromatic heterocycles. The molecule has 0 spiro atoms. The monoisotopic (exact) mass is 699 g/mol. The predicted octanol–water partition coefficient (Wildman–Crippen LogP) is 4.39. The van der Waals surface area contributed by atoms with Crippen LogP contribution >= 0.6 is 11.6 Å². The molecule has 7 rings (SSSR count). The van der Waals surface area contributed by atoms with Crippen molar-refractivity contribution in [1.29, 1.82) is 0 Å². The number of aryl methyl sites for hydroxylation is 1. The molecule has 1 saturated heterocycles. The third-order valence-corrected chi connectivity index (χ3v) is 11.4. The van der Waals surface area contributed by atoms with Gasteiger partial charge in [0.2, 0.25) is 10.0 Å². The van der Waals surface area contributed by atoms with Crippen LogP contribution in [0.2, 0.25) is 5.02 Å². The predicted molar refractivity (Wildman–Crippen MR) is 192 cm³/mol. The van der Waals surface area contributed by atoms with Gasteiger partial charge in [0.25, 0.3) is 0 Å². The number of aliphatic hydroxyl groups is 1. The number of benzene rings is 3. The minimum Gasteiger partial charge on any atom is -0.387 e. The molecular weight excluding hydrogens is 658 g/mol. The maximum Gasteiger partial charge on any atom is 0.211 e. The van der Waals surface area contributed by atoms with Gasteiger partial charge in [-0.1, -0.05) is 65.9 Å². The van der Waals surface area contributed by atoms with E-state index >= 15 is 0 Å². The van der Waals surface area contributed by atoms with Gasteiger partial charge < -0.3 is 15.2 Å². The second-order valence-corrected chi connectivity index (χ2v) is 15.5. The van der Waals surface area contributed by atoms with E-state index in [2.05, 4.69) is 44.9 Å². The molecule has 9 nitrogen and oxygen atoms in total. The molecule has 2 N–H and O–H groups in total. The lowest BCUT2D eigenvalue weighted by Gasteiger charge is -2.27. The molecule has 11 heteroatoms. The van der Waals surface area contributed by atoms with E-state index in [0.717, 1.165) is 91.4 Å². The van der Waals surface area contributed by atoms with Gasteiger partial charge in [-0.3, -0.25) is 9.58 Å². The van der Waals surface area contributed by atoms with Crippen LogP contribution in [-0.2, 0) is 47.2 Å². The molecule has 49 heavy (non-hydrogen) atoms. The number of aliphatic hydroxyl groups excluding tert-OH is 1. The van der Waals surface area contributed by atoms with E-state index in [1.54, 1.807) is 0 Å². The number of nitrogens with one attached hydrogen (secondary N) is 1.